The number of rotatable bonds is 3. The molecule has 1 aliphatic heterocycles. The first-order valence-corrected chi connectivity index (χ1v) is 6.73. The zero-order valence-electron chi connectivity index (χ0n) is 11.1. The largest absolute Gasteiger partial charge is 0.378 e. The molecule has 3 rings (SSSR count). The Kier molecular flexibility index (Phi) is 3.16. The fourth-order valence-corrected chi connectivity index (χ4v) is 2.76. The van der Waals surface area contributed by atoms with Gasteiger partial charge in [-0.3, -0.25) is 4.57 Å². The minimum atomic E-state index is -0.293. The molecule has 0 spiro atoms. The van der Waals surface area contributed by atoms with Gasteiger partial charge in [0.05, 0.1) is 18.7 Å². The smallest absolute Gasteiger partial charge is 0.179 e. The molecule has 1 atom stereocenters. The first-order chi connectivity index (χ1) is 9.13. The number of hydrogen-bond donors (Lipinski definition) is 1. The minimum absolute atomic E-state index is 0.293. The normalized spacial score (nSPS) is 23.3. The van der Waals surface area contributed by atoms with E-state index in [1.807, 2.05) is 23.6 Å². The van der Waals surface area contributed by atoms with Crippen molar-refractivity contribution in [3.05, 3.63) is 22.6 Å². The standard InChI is InChI=1S/C13H17N3O2S/c1-9-3-4-10-11(14-9)16(12(19)15-10)7-13(17-2)5-6-18-8-13/h3-4H,5-8H2,1-2H3,(H,15,19). The van der Waals surface area contributed by atoms with Crippen LogP contribution in [0.3, 0.4) is 0 Å². The van der Waals surface area contributed by atoms with Crippen molar-refractivity contribution < 1.29 is 9.47 Å². The molecule has 5 nitrogen and oxygen atoms in total. The monoisotopic (exact) mass is 279 g/mol. The van der Waals surface area contributed by atoms with Gasteiger partial charge in [0.1, 0.15) is 5.60 Å². The number of aryl methyl sites for hydroxylation is 1. The molecule has 6 heteroatoms. The number of methoxy groups -OCH3 is 1. The molecule has 1 fully saturated rings. The lowest BCUT2D eigenvalue weighted by Gasteiger charge is -2.26. The highest BCUT2D eigenvalue weighted by molar-refractivity contribution is 7.71. The Labute approximate surface area is 116 Å². The molecule has 1 saturated heterocycles. The van der Waals surface area contributed by atoms with E-state index in [1.54, 1.807) is 7.11 Å². The number of ether oxygens (including phenoxy) is 2. The lowest BCUT2D eigenvalue weighted by Crippen LogP contribution is -2.37. The Hall–Kier alpha value is -1.24. The van der Waals surface area contributed by atoms with Gasteiger partial charge in [0, 0.05) is 25.8 Å². The quantitative estimate of drug-likeness (QED) is 0.875. The second-order valence-corrected chi connectivity index (χ2v) is 5.42. The fraction of sp³-hybridized carbons (Fsp3) is 0.538. The second-order valence-electron chi connectivity index (χ2n) is 5.03. The summed E-state index contributed by atoms with van der Waals surface area (Å²) >= 11 is 5.40. The van der Waals surface area contributed by atoms with Gasteiger partial charge in [0.2, 0.25) is 0 Å². The summed E-state index contributed by atoms with van der Waals surface area (Å²) in [5.74, 6) is 0. The lowest BCUT2D eigenvalue weighted by molar-refractivity contribution is -0.0291. The predicted molar refractivity (Wildman–Crippen MR) is 74.8 cm³/mol. The van der Waals surface area contributed by atoms with Gasteiger partial charge in [-0.05, 0) is 31.3 Å². The molecule has 3 heterocycles. The number of pyridine rings is 1. The van der Waals surface area contributed by atoms with E-state index in [9.17, 15) is 0 Å². The molecule has 0 radical (unpaired) electrons. The Morgan fingerprint density at radius 2 is 2.42 bits per heavy atom. The van der Waals surface area contributed by atoms with Crippen LogP contribution in [0.2, 0.25) is 0 Å². The molecule has 2 aromatic heterocycles. The van der Waals surface area contributed by atoms with Crippen LogP contribution in [0.5, 0.6) is 0 Å². The highest BCUT2D eigenvalue weighted by Gasteiger charge is 2.36. The zero-order chi connectivity index (χ0) is 13.5. The molecular formula is C13H17N3O2S. The highest BCUT2D eigenvalue weighted by Crippen LogP contribution is 2.26. The third kappa shape index (κ3) is 2.20. The van der Waals surface area contributed by atoms with Gasteiger partial charge >= 0.3 is 0 Å². The fourth-order valence-electron chi connectivity index (χ4n) is 2.50. The van der Waals surface area contributed by atoms with Crippen LogP contribution in [-0.2, 0) is 16.0 Å². The van der Waals surface area contributed by atoms with E-state index in [4.69, 9.17) is 21.7 Å². The molecule has 1 N–H and O–H groups in total. The number of aromatic nitrogens is 3. The van der Waals surface area contributed by atoms with Gasteiger partial charge in [-0.15, -0.1) is 0 Å². The van der Waals surface area contributed by atoms with Gasteiger partial charge in [-0.2, -0.15) is 0 Å². The average molecular weight is 279 g/mol. The summed E-state index contributed by atoms with van der Waals surface area (Å²) in [6.45, 7) is 3.98. The van der Waals surface area contributed by atoms with Gasteiger partial charge in [0.15, 0.2) is 10.4 Å². The molecule has 1 aliphatic rings. The van der Waals surface area contributed by atoms with Crippen molar-refractivity contribution in [1.29, 1.82) is 0 Å². The van der Waals surface area contributed by atoms with Crippen molar-refractivity contribution in [2.45, 2.75) is 25.5 Å². The molecule has 0 aromatic carbocycles. The number of hydrogen-bond acceptors (Lipinski definition) is 4. The van der Waals surface area contributed by atoms with E-state index in [0.29, 0.717) is 17.9 Å². The summed E-state index contributed by atoms with van der Waals surface area (Å²) < 4.78 is 13.8. The van der Waals surface area contributed by atoms with Crippen molar-refractivity contribution in [1.82, 2.24) is 14.5 Å². The first kappa shape index (κ1) is 12.8. The van der Waals surface area contributed by atoms with Crippen LogP contribution in [0, 0.1) is 11.7 Å². The molecule has 0 amide bonds. The van der Waals surface area contributed by atoms with Gasteiger partial charge in [0.25, 0.3) is 0 Å². The predicted octanol–water partition coefficient (Wildman–Crippen LogP) is 2.21. The third-order valence-electron chi connectivity index (χ3n) is 3.70. The number of aromatic amines is 1. The summed E-state index contributed by atoms with van der Waals surface area (Å²) in [6.07, 6.45) is 0.879. The summed E-state index contributed by atoms with van der Waals surface area (Å²) in [7, 11) is 1.73. The van der Waals surface area contributed by atoms with Crippen molar-refractivity contribution in [2.24, 2.45) is 0 Å². The highest BCUT2D eigenvalue weighted by atomic mass is 32.1. The molecule has 0 aliphatic carbocycles. The summed E-state index contributed by atoms with van der Waals surface area (Å²) in [5, 5.41) is 0. The summed E-state index contributed by atoms with van der Waals surface area (Å²) in [4.78, 5) is 7.76. The molecule has 0 bridgehead atoms. The number of fused-ring (bicyclic) bond motifs is 1. The SMILES string of the molecule is COC1(Cn2c(=S)[nH]c3ccc(C)nc32)CCOC1. The minimum Gasteiger partial charge on any atom is -0.378 e. The number of H-pyrrole nitrogens is 1. The van der Waals surface area contributed by atoms with E-state index in [2.05, 4.69) is 9.97 Å². The Bertz CT molecular complexity index is 655. The average Bonchev–Trinajstić information content (AvgIpc) is 2.98. The topological polar surface area (TPSA) is 52.1 Å². The molecular weight excluding hydrogens is 262 g/mol. The molecule has 102 valence electrons. The molecule has 19 heavy (non-hydrogen) atoms. The maximum absolute atomic E-state index is 5.67. The summed E-state index contributed by atoms with van der Waals surface area (Å²) in [5.41, 5.74) is 2.53. The molecule has 2 aromatic rings. The second kappa shape index (κ2) is 4.70. The van der Waals surface area contributed by atoms with Crippen molar-refractivity contribution >= 4 is 23.4 Å². The van der Waals surface area contributed by atoms with Gasteiger partial charge < -0.3 is 14.5 Å². The van der Waals surface area contributed by atoms with Gasteiger partial charge in [-0.25, -0.2) is 4.98 Å². The van der Waals surface area contributed by atoms with E-state index >= 15 is 0 Å². The van der Waals surface area contributed by atoms with Crippen LogP contribution in [-0.4, -0.2) is 40.5 Å². The zero-order valence-corrected chi connectivity index (χ0v) is 11.9. The van der Waals surface area contributed by atoms with E-state index in [-0.39, 0.29) is 5.60 Å². The third-order valence-corrected chi connectivity index (χ3v) is 4.03. The number of nitrogens with zero attached hydrogens (tertiary/aromatic N) is 2. The van der Waals surface area contributed by atoms with E-state index in [1.165, 1.54) is 0 Å². The van der Waals surface area contributed by atoms with Crippen LogP contribution in [0.4, 0.5) is 0 Å². The maximum atomic E-state index is 5.67. The Morgan fingerprint density at radius 3 is 3.11 bits per heavy atom. The van der Waals surface area contributed by atoms with Gasteiger partial charge in [-0.1, -0.05) is 0 Å². The van der Waals surface area contributed by atoms with Crippen LogP contribution in [0.15, 0.2) is 12.1 Å². The number of nitrogens with one attached hydrogen (secondary N) is 1. The van der Waals surface area contributed by atoms with E-state index in [0.717, 1.165) is 29.9 Å². The molecule has 0 saturated carbocycles. The van der Waals surface area contributed by atoms with Crippen LogP contribution in [0.25, 0.3) is 11.2 Å². The van der Waals surface area contributed by atoms with Crippen LogP contribution >= 0.6 is 12.2 Å². The Morgan fingerprint density at radius 1 is 1.58 bits per heavy atom. The lowest BCUT2D eigenvalue weighted by atomic mass is 10.0. The van der Waals surface area contributed by atoms with Crippen LogP contribution in [0.1, 0.15) is 12.1 Å². The summed E-state index contributed by atoms with van der Waals surface area (Å²) in [6, 6.07) is 3.98. The van der Waals surface area contributed by atoms with Crippen molar-refractivity contribution in [3.63, 3.8) is 0 Å². The molecule has 1 unspecified atom stereocenters. The number of imidazole rings is 1. The maximum Gasteiger partial charge on any atom is 0.179 e. The first-order valence-electron chi connectivity index (χ1n) is 6.33. The Balaban J connectivity index is 2.07. The van der Waals surface area contributed by atoms with Crippen LogP contribution < -0.4 is 0 Å². The van der Waals surface area contributed by atoms with E-state index < -0.39 is 0 Å². The van der Waals surface area contributed by atoms with Crippen molar-refractivity contribution in [2.75, 3.05) is 20.3 Å². The van der Waals surface area contributed by atoms with Crippen molar-refractivity contribution in [3.8, 4) is 0 Å².